The Morgan fingerprint density at radius 3 is 2.31 bits per heavy atom. The van der Waals surface area contributed by atoms with Gasteiger partial charge < -0.3 is 4.74 Å². The van der Waals surface area contributed by atoms with Gasteiger partial charge in [-0.15, -0.1) is 0 Å². The molecule has 90 valence electrons. The highest BCUT2D eigenvalue weighted by Gasteiger charge is 1.96. The fourth-order valence-electron chi connectivity index (χ4n) is 1.66. The summed E-state index contributed by atoms with van der Waals surface area (Å²) in [7, 11) is 2.01. The SMILES string of the molecule is CCCCCCCCOc1cc[n+](C)cc1. The highest BCUT2D eigenvalue weighted by Crippen LogP contribution is 2.09. The maximum Gasteiger partial charge on any atom is 0.172 e. The highest BCUT2D eigenvalue weighted by atomic mass is 16.5. The predicted molar refractivity (Wildman–Crippen MR) is 66.5 cm³/mol. The molecule has 0 N–H and O–H groups in total. The van der Waals surface area contributed by atoms with E-state index in [2.05, 4.69) is 6.92 Å². The Bertz CT molecular complexity index is 269. The summed E-state index contributed by atoms with van der Waals surface area (Å²) in [6.45, 7) is 3.10. The number of ether oxygens (including phenoxy) is 1. The Kier molecular flexibility index (Phi) is 6.62. The summed E-state index contributed by atoms with van der Waals surface area (Å²) in [6, 6.07) is 4.02. The quantitative estimate of drug-likeness (QED) is 0.486. The average molecular weight is 222 g/mol. The van der Waals surface area contributed by atoms with E-state index in [0.29, 0.717) is 0 Å². The van der Waals surface area contributed by atoms with E-state index >= 15 is 0 Å². The topological polar surface area (TPSA) is 13.1 Å². The minimum atomic E-state index is 0.847. The molecule has 16 heavy (non-hydrogen) atoms. The Balaban J connectivity index is 2.01. The zero-order valence-electron chi connectivity index (χ0n) is 10.6. The molecule has 1 aromatic rings. The van der Waals surface area contributed by atoms with Crippen LogP contribution in [0.3, 0.4) is 0 Å². The molecule has 0 bridgehead atoms. The van der Waals surface area contributed by atoms with Crippen molar-refractivity contribution in [3.63, 3.8) is 0 Å². The molecule has 2 nitrogen and oxygen atoms in total. The van der Waals surface area contributed by atoms with Crippen LogP contribution < -0.4 is 9.30 Å². The Hall–Kier alpha value is -1.05. The molecular formula is C14H24NO+. The van der Waals surface area contributed by atoms with Gasteiger partial charge >= 0.3 is 0 Å². The summed E-state index contributed by atoms with van der Waals surface area (Å²) in [5, 5.41) is 0. The van der Waals surface area contributed by atoms with Gasteiger partial charge in [0, 0.05) is 12.1 Å². The van der Waals surface area contributed by atoms with Gasteiger partial charge in [0.25, 0.3) is 0 Å². The lowest BCUT2D eigenvalue weighted by atomic mass is 10.1. The second kappa shape index (κ2) is 8.14. The first kappa shape index (κ1) is 13.0. The number of hydrogen-bond donors (Lipinski definition) is 0. The van der Waals surface area contributed by atoms with Gasteiger partial charge in [-0.2, -0.15) is 0 Å². The third-order valence-corrected chi connectivity index (χ3v) is 2.71. The molecule has 0 saturated carbocycles. The minimum Gasteiger partial charge on any atom is -0.493 e. The molecule has 0 aliphatic rings. The van der Waals surface area contributed by atoms with Gasteiger partial charge in [-0.05, 0) is 6.42 Å². The van der Waals surface area contributed by atoms with E-state index in [4.69, 9.17) is 4.74 Å². The monoisotopic (exact) mass is 222 g/mol. The fourth-order valence-corrected chi connectivity index (χ4v) is 1.66. The molecule has 1 heterocycles. The number of aromatic nitrogens is 1. The summed E-state index contributed by atoms with van der Waals surface area (Å²) in [5.74, 6) is 0.978. The molecule has 0 fully saturated rings. The molecular weight excluding hydrogens is 198 g/mol. The van der Waals surface area contributed by atoms with E-state index in [9.17, 15) is 0 Å². The van der Waals surface area contributed by atoms with Crippen LogP contribution in [0.25, 0.3) is 0 Å². The van der Waals surface area contributed by atoms with Gasteiger partial charge in [-0.25, -0.2) is 4.57 Å². The molecule has 0 radical (unpaired) electrons. The first-order valence-corrected chi connectivity index (χ1v) is 6.41. The molecule has 0 atom stereocenters. The van der Waals surface area contributed by atoms with Crippen LogP contribution in [0.5, 0.6) is 5.75 Å². The van der Waals surface area contributed by atoms with Crippen LogP contribution in [0.2, 0.25) is 0 Å². The number of pyridine rings is 1. The second-order valence-corrected chi connectivity index (χ2v) is 4.32. The smallest absolute Gasteiger partial charge is 0.172 e. The molecule has 0 spiro atoms. The third kappa shape index (κ3) is 5.74. The van der Waals surface area contributed by atoms with Gasteiger partial charge in [0.2, 0.25) is 0 Å². The first-order valence-electron chi connectivity index (χ1n) is 6.41. The predicted octanol–water partition coefficient (Wildman–Crippen LogP) is 3.25. The summed E-state index contributed by atoms with van der Waals surface area (Å²) < 4.78 is 7.67. The maximum absolute atomic E-state index is 5.65. The maximum atomic E-state index is 5.65. The molecule has 1 rings (SSSR count). The molecule has 0 aromatic carbocycles. The van der Waals surface area contributed by atoms with E-state index in [0.717, 1.165) is 12.4 Å². The van der Waals surface area contributed by atoms with E-state index < -0.39 is 0 Å². The summed E-state index contributed by atoms with van der Waals surface area (Å²) >= 11 is 0. The lowest BCUT2D eigenvalue weighted by Gasteiger charge is -2.04. The zero-order valence-corrected chi connectivity index (χ0v) is 10.6. The number of unbranched alkanes of at least 4 members (excludes halogenated alkanes) is 5. The van der Waals surface area contributed by atoms with Crippen molar-refractivity contribution in [1.29, 1.82) is 0 Å². The van der Waals surface area contributed by atoms with Crippen LogP contribution in [0, 0.1) is 0 Å². The largest absolute Gasteiger partial charge is 0.493 e. The molecule has 0 saturated heterocycles. The van der Waals surface area contributed by atoms with Crippen molar-refractivity contribution in [3.05, 3.63) is 24.5 Å². The Morgan fingerprint density at radius 2 is 1.62 bits per heavy atom. The first-order chi connectivity index (χ1) is 7.83. The van der Waals surface area contributed by atoms with Gasteiger partial charge in [-0.3, -0.25) is 0 Å². The van der Waals surface area contributed by atoms with Crippen LogP contribution in [-0.4, -0.2) is 6.61 Å². The van der Waals surface area contributed by atoms with E-state index in [1.165, 1.54) is 38.5 Å². The van der Waals surface area contributed by atoms with Crippen molar-refractivity contribution < 1.29 is 9.30 Å². The molecule has 0 aliphatic heterocycles. The number of hydrogen-bond acceptors (Lipinski definition) is 1. The summed E-state index contributed by atoms with van der Waals surface area (Å²) in [4.78, 5) is 0. The molecule has 1 aromatic heterocycles. The van der Waals surface area contributed by atoms with Gasteiger partial charge in [0.1, 0.15) is 12.8 Å². The number of rotatable bonds is 8. The number of nitrogens with zero attached hydrogens (tertiary/aromatic N) is 1. The van der Waals surface area contributed by atoms with Crippen LogP contribution in [-0.2, 0) is 7.05 Å². The normalized spacial score (nSPS) is 10.4. The van der Waals surface area contributed by atoms with Gasteiger partial charge in [0.05, 0.1) is 6.61 Å². The molecule has 2 heteroatoms. The third-order valence-electron chi connectivity index (χ3n) is 2.71. The second-order valence-electron chi connectivity index (χ2n) is 4.32. The highest BCUT2D eigenvalue weighted by molar-refractivity contribution is 5.14. The van der Waals surface area contributed by atoms with Crippen molar-refractivity contribution in [1.82, 2.24) is 0 Å². The van der Waals surface area contributed by atoms with E-state index in [-0.39, 0.29) is 0 Å². The van der Waals surface area contributed by atoms with Crippen molar-refractivity contribution in [2.24, 2.45) is 7.05 Å². The Labute approximate surface area is 99.3 Å². The molecule has 0 aliphatic carbocycles. The van der Waals surface area contributed by atoms with E-state index in [1.807, 2.05) is 36.1 Å². The van der Waals surface area contributed by atoms with Crippen molar-refractivity contribution >= 4 is 0 Å². The lowest BCUT2D eigenvalue weighted by Crippen LogP contribution is -2.25. The van der Waals surface area contributed by atoms with Gasteiger partial charge in [0.15, 0.2) is 12.4 Å². The van der Waals surface area contributed by atoms with Crippen LogP contribution >= 0.6 is 0 Å². The lowest BCUT2D eigenvalue weighted by molar-refractivity contribution is -0.671. The van der Waals surface area contributed by atoms with Gasteiger partial charge in [-0.1, -0.05) is 39.0 Å². The van der Waals surface area contributed by atoms with Crippen LogP contribution in [0.1, 0.15) is 45.4 Å². The standard InChI is InChI=1S/C14H24NO/c1-3-4-5-6-7-8-13-16-14-9-11-15(2)12-10-14/h9-12H,3-8,13H2,1-2H3/q+1. The van der Waals surface area contributed by atoms with Crippen LogP contribution in [0.15, 0.2) is 24.5 Å². The van der Waals surface area contributed by atoms with Crippen LogP contribution in [0.4, 0.5) is 0 Å². The minimum absolute atomic E-state index is 0.847. The van der Waals surface area contributed by atoms with E-state index in [1.54, 1.807) is 0 Å². The molecule has 0 amide bonds. The summed E-state index contributed by atoms with van der Waals surface area (Å²) in [6.07, 6.45) is 11.9. The fraction of sp³-hybridized carbons (Fsp3) is 0.643. The molecule has 0 unspecified atom stereocenters. The van der Waals surface area contributed by atoms with Crippen molar-refractivity contribution in [2.75, 3.05) is 6.61 Å². The van der Waals surface area contributed by atoms with Crippen molar-refractivity contribution in [2.45, 2.75) is 45.4 Å². The zero-order chi connectivity index (χ0) is 11.6. The summed E-state index contributed by atoms with van der Waals surface area (Å²) in [5.41, 5.74) is 0. The number of aryl methyl sites for hydroxylation is 1. The van der Waals surface area contributed by atoms with Crippen molar-refractivity contribution in [3.8, 4) is 5.75 Å². The Morgan fingerprint density at radius 1 is 1.00 bits per heavy atom. The average Bonchev–Trinajstić information content (AvgIpc) is 2.30.